The Morgan fingerprint density at radius 3 is 2.38 bits per heavy atom. The largest absolute Gasteiger partial charge is 0.478 e. The average Bonchev–Trinajstić information content (AvgIpc) is 2.39. The first-order valence-electron chi connectivity index (χ1n) is 6.78. The van der Waals surface area contributed by atoms with Crippen molar-refractivity contribution in [1.29, 1.82) is 0 Å². The Bertz CT molecular complexity index is 611. The maximum atomic E-state index is 12.4. The molecule has 1 atom stereocenters. The van der Waals surface area contributed by atoms with Gasteiger partial charge in [0, 0.05) is 6.04 Å². The Morgan fingerprint density at radius 2 is 1.90 bits per heavy atom. The highest BCUT2D eigenvalue weighted by atomic mass is 35.5. The first-order chi connectivity index (χ1) is 9.72. The molecule has 0 saturated heterocycles. The van der Waals surface area contributed by atoms with Gasteiger partial charge in [-0.1, -0.05) is 38.3 Å². The van der Waals surface area contributed by atoms with Crippen molar-refractivity contribution in [3.05, 3.63) is 28.8 Å². The zero-order valence-electron chi connectivity index (χ0n) is 12.3. The van der Waals surface area contributed by atoms with Crippen molar-refractivity contribution in [2.75, 3.05) is 0 Å². The van der Waals surface area contributed by atoms with Gasteiger partial charge in [0.15, 0.2) is 0 Å². The molecule has 0 aliphatic carbocycles. The number of rotatable bonds is 7. The van der Waals surface area contributed by atoms with Crippen LogP contribution < -0.4 is 4.72 Å². The van der Waals surface area contributed by atoms with Crippen molar-refractivity contribution in [1.82, 2.24) is 4.72 Å². The lowest BCUT2D eigenvalue weighted by Crippen LogP contribution is -2.37. The van der Waals surface area contributed by atoms with Crippen molar-refractivity contribution in [3.8, 4) is 0 Å². The maximum absolute atomic E-state index is 12.4. The van der Waals surface area contributed by atoms with Gasteiger partial charge in [0.1, 0.15) is 4.90 Å². The van der Waals surface area contributed by atoms with Gasteiger partial charge in [-0.25, -0.2) is 17.9 Å². The van der Waals surface area contributed by atoms with Crippen LogP contribution >= 0.6 is 11.6 Å². The number of aromatic carboxylic acids is 1. The summed E-state index contributed by atoms with van der Waals surface area (Å²) in [5.41, 5.74) is -0.116. The van der Waals surface area contributed by atoms with E-state index in [2.05, 4.69) is 4.72 Å². The van der Waals surface area contributed by atoms with Gasteiger partial charge in [-0.3, -0.25) is 0 Å². The van der Waals surface area contributed by atoms with E-state index in [1.165, 1.54) is 12.1 Å². The molecule has 0 heterocycles. The number of carboxylic acid groups (broad SMARTS) is 1. The van der Waals surface area contributed by atoms with E-state index in [0.717, 1.165) is 18.9 Å². The van der Waals surface area contributed by atoms with Crippen LogP contribution in [0.1, 0.15) is 44.0 Å². The first-order valence-corrected chi connectivity index (χ1v) is 8.64. The van der Waals surface area contributed by atoms with E-state index in [1.807, 2.05) is 13.8 Å². The van der Waals surface area contributed by atoms with Crippen LogP contribution in [0.25, 0.3) is 0 Å². The van der Waals surface area contributed by atoms with Crippen LogP contribution in [0.3, 0.4) is 0 Å². The molecule has 0 spiro atoms. The van der Waals surface area contributed by atoms with Crippen LogP contribution in [0.15, 0.2) is 23.1 Å². The quantitative estimate of drug-likeness (QED) is 0.803. The average molecular weight is 334 g/mol. The molecule has 2 N–H and O–H groups in total. The number of benzene rings is 1. The summed E-state index contributed by atoms with van der Waals surface area (Å²) in [6.07, 6.45) is 1.70. The van der Waals surface area contributed by atoms with Crippen molar-refractivity contribution < 1.29 is 18.3 Å². The van der Waals surface area contributed by atoms with Gasteiger partial charge in [0.05, 0.1) is 10.6 Å². The summed E-state index contributed by atoms with van der Waals surface area (Å²) in [6.45, 7) is 5.79. The van der Waals surface area contributed by atoms with Crippen LogP contribution in [0.4, 0.5) is 0 Å². The topological polar surface area (TPSA) is 83.5 Å². The van der Waals surface area contributed by atoms with E-state index in [-0.39, 0.29) is 27.4 Å². The summed E-state index contributed by atoms with van der Waals surface area (Å²) < 4.78 is 27.3. The van der Waals surface area contributed by atoms with Gasteiger partial charge in [-0.05, 0) is 31.0 Å². The van der Waals surface area contributed by atoms with Crippen LogP contribution in [-0.2, 0) is 10.0 Å². The predicted octanol–water partition coefficient (Wildman–Crippen LogP) is 3.14. The second-order valence-corrected chi connectivity index (χ2v) is 7.03. The number of sulfonamides is 1. The van der Waals surface area contributed by atoms with E-state index in [0.29, 0.717) is 0 Å². The van der Waals surface area contributed by atoms with E-state index >= 15 is 0 Å². The van der Waals surface area contributed by atoms with Gasteiger partial charge < -0.3 is 5.11 Å². The standard InChI is InChI=1S/C14H20ClNO4S/c1-4-10(5-2)9(3)16-21(19,20)13-8-11(14(17)18)6-7-12(13)15/h6-10,16H,4-5H2,1-3H3,(H,17,18). The minimum Gasteiger partial charge on any atom is -0.478 e. The number of halogens is 1. The zero-order valence-corrected chi connectivity index (χ0v) is 13.8. The summed E-state index contributed by atoms with van der Waals surface area (Å²) in [6, 6.07) is 3.37. The van der Waals surface area contributed by atoms with Crippen molar-refractivity contribution in [2.24, 2.45) is 5.92 Å². The Labute approximate surface area is 130 Å². The van der Waals surface area contributed by atoms with Gasteiger partial charge in [0.25, 0.3) is 0 Å². The molecule has 1 unspecified atom stereocenters. The molecule has 1 aromatic rings. The molecule has 1 aromatic carbocycles. The maximum Gasteiger partial charge on any atom is 0.335 e. The highest BCUT2D eigenvalue weighted by molar-refractivity contribution is 7.89. The second-order valence-electron chi connectivity index (χ2n) is 4.94. The summed E-state index contributed by atoms with van der Waals surface area (Å²) >= 11 is 5.90. The monoisotopic (exact) mass is 333 g/mol. The van der Waals surface area contributed by atoms with E-state index < -0.39 is 16.0 Å². The lowest BCUT2D eigenvalue weighted by Gasteiger charge is -2.22. The number of nitrogens with one attached hydrogen (secondary N) is 1. The lowest BCUT2D eigenvalue weighted by atomic mass is 9.96. The van der Waals surface area contributed by atoms with Gasteiger partial charge in [0.2, 0.25) is 10.0 Å². The summed E-state index contributed by atoms with van der Waals surface area (Å²) in [5.74, 6) is -0.989. The molecule has 0 aliphatic rings. The van der Waals surface area contributed by atoms with Gasteiger partial charge >= 0.3 is 5.97 Å². The minimum absolute atomic E-state index is 0.00393. The van der Waals surface area contributed by atoms with E-state index in [9.17, 15) is 13.2 Å². The molecule has 1 rings (SSSR count). The predicted molar refractivity (Wildman–Crippen MR) is 82.3 cm³/mol. The summed E-state index contributed by atoms with van der Waals surface area (Å²) in [5, 5.41) is 8.96. The van der Waals surface area contributed by atoms with Crippen molar-refractivity contribution in [3.63, 3.8) is 0 Å². The van der Waals surface area contributed by atoms with E-state index in [4.69, 9.17) is 16.7 Å². The normalized spacial score (nSPS) is 13.4. The van der Waals surface area contributed by atoms with Gasteiger partial charge in [-0.15, -0.1) is 0 Å². The smallest absolute Gasteiger partial charge is 0.335 e. The highest BCUT2D eigenvalue weighted by Crippen LogP contribution is 2.24. The number of hydrogen-bond donors (Lipinski definition) is 2. The third-order valence-corrected chi connectivity index (χ3v) is 5.61. The molecule has 0 aliphatic heterocycles. The molecule has 0 fully saturated rings. The highest BCUT2D eigenvalue weighted by Gasteiger charge is 2.24. The Morgan fingerprint density at radius 1 is 1.33 bits per heavy atom. The molecule has 118 valence electrons. The van der Waals surface area contributed by atoms with Crippen LogP contribution in [-0.4, -0.2) is 25.5 Å². The number of hydrogen-bond acceptors (Lipinski definition) is 3. The van der Waals surface area contributed by atoms with Crippen molar-refractivity contribution in [2.45, 2.75) is 44.6 Å². The van der Waals surface area contributed by atoms with Crippen LogP contribution in [0.5, 0.6) is 0 Å². The zero-order chi connectivity index (χ0) is 16.2. The lowest BCUT2D eigenvalue weighted by molar-refractivity contribution is 0.0696. The van der Waals surface area contributed by atoms with Crippen molar-refractivity contribution >= 4 is 27.6 Å². The molecule has 0 bridgehead atoms. The van der Waals surface area contributed by atoms with Crippen LogP contribution in [0, 0.1) is 5.92 Å². The number of carboxylic acids is 1. The first kappa shape index (κ1) is 17.9. The minimum atomic E-state index is -3.86. The van der Waals surface area contributed by atoms with Crippen LogP contribution in [0.2, 0.25) is 5.02 Å². The molecule has 5 nitrogen and oxygen atoms in total. The molecular formula is C14H20ClNO4S. The number of carbonyl (C=O) groups is 1. The molecule has 7 heteroatoms. The third kappa shape index (κ3) is 4.43. The molecule has 21 heavy (non-hydrogen) atoms. The van der Waals surface area contributed by atoms with Gasteiger partial charge in [-0.2, -0.15) is 0 Å². The third-order valence-electron chi connectivity index (χ3n) is 3.56. The molecular weight excluding hydrogens is 314 g/mol. The Hall–Kier alpha value is -1.11. The second kappa shape index (κ2) is 7.24. The Kier molecular flexibility index (Phi) is 6.19. The summed E-state index contributed by atoms with van der Waals surface area (Å²) in [4.78, 5) is 10.7. The molecule has 0 amide bonds. The SMILES string of the molecule is CCC(CC)C(C)NS(=O)(=O)c1cc(C(=O)O)ccc1Cl. The Balaban J connectivity index is 3.13. The van der Waals surface area contributed by atoms with E-state index in [1.54, 1.807) is 6.92 Å². The fourth-order valence-electron chi connectivity index (χ4n) is 2.24. The molecule has 0 radical (unpaired) electrons. The fourth-order valence-corrected chi connectivity index (χ4v) is 4.08. The molecule has 0 saturated carbocycles. The molecule has 0 aromatic heterocycles. The summed E-state index contributed by atoms with van der Waals surface area (Å²) in [7, 11) is -3.86. The fraction of sp³-hybridized carbons (Fsp3) is 0.500.